The number of furan rings is 1. The van der Waals surface area contributed by atoms with Gasteiger partial charge in [0.05, 0.1) is 6.54 Å². The summed E-state index contributed by atoms with van der Waals surface area (Å²) in [7, 11) is -1.93. The molecule has 0 amide bonds. The smallest absolute Gasteiger partial charge is 0.276 e. The van der Waals surface area contributed by atoms with Gasteiger partial charge in [-0.15, -0.1) is 0 Å². The molecule has 0 saturated heterocycles. The minimum absolute atomic E-state index is 0.0108. The van der Waals surface area contributed by atoms with Crippen molar-refractivity contribution in [2.45, 2.75) is 31.5 Å². The molecule has 19 heavy (non-hydrogen) atoms. The van der Waals surface area contributed by atoms with Crippen molar-refractivity contribution in [2.24, 2.45) is 0 Å². The van der Waals surface area contributed by atoms with E-state index in [1.54, 1.807) is 24.9 Å². The highest BCUT2D eigenvalue weighted by atomic mass is 32.2. The second-order valence-corrected chi connectivity index (χ2v) is 7.54. The highest BCUT2D eigenvalue weighted by Gasteiger charge is 2.24. The third kappa shape index (κ3) is 4.83. The van der Waals surface area contributed by atoms with E-state index in [9.17, 15) is 8.42 Å². The predicted molar refractivity (Wildman–Crippen MR) is 78.9 cm³/mol. The van der Waals surface area contributed by atoms with E-state index < -0.39 is 10.0 Å². The molecule has 5 nitrogen and oxygen atoms in total. The van der Waals surface area contributed by atoms with Gasteiger partial charge < -0.3 is 9.73 Å². The zero-order chi connectivity index (χ0) is 14.5. The molecule has 0 fully saturated rings. The third-order valence-corrected chi connectivity index (χ3v) is 4.92. The Hall–Kier alpha value is -0.500. The number of nitrogens with one attached hydrogen (secondary N) is 1. The summed E-state index contributed by atoms with van der Waals surface area (Å²) in [6.07, 6.45) is 1.95. The Bertz CT molecular complexity index is 483. The molecule has 7 heteroatoms. The van der Waals surface area contributed by atoms with Gasteiger partial charge in [0.2, 0.25) is 5.09 Å². The molecular weight excluding hydrogens is 284 g/mol. The fourth-order valence-corrected chi connectivity index (χ4v) is 3.05. The van der Waals surface area contributed by atoms with Crippen LogP contribution in [0.25, 0.3) is 0 Å². The first-order valence-corrected chi connectivity index (χ1v) is 8.98. The monoisotopic (exact) mass is 306 g/mol. The van der Waals surface area contributed by atoms with Crippen molar-refractivity contribution in [3.8, 4) is 0 Å². The van der Waals surface area contributed by atoms with Gasteiger partial charge >= 0.3 is 0 Å². The van der Waals surface area contributed by atoms with Crippen LogP contribution in [0, 0.1) is 0 Å². The largest absolute Gasteiger partial charge is 0.447 e. The van der Waals surface area contributed by atoms with Gasteiger partial charge in [-0.05, 0) is 18.4 Å². The highest BCUT2D eigenvalue weighted by Crippen LogP contribution is 2.18. The molecule has 0 saturated carbocycles. The molecule has 1 rings (SSSR count). The van der Waals surface area contributed by atoms with E-state index in [0.29, 0.717) is 24.9 Å². The summed E-state index contributed by atoms with van der Waals surface area (Å²) >= 11 is 1.61. The fraction of sp³-hybridized carbons (Fsp3) is 0.667. The topological polar surface area (TPSA) is 62.6 Å². The quantitative estimate of drug-likeness (QED) is 0.793. The van der Waals surface area contributed by atoms with Crippen LogP contribution < -0.4 is 5.32 Å². The molecule has 0 aliphatic carbocycles. The summed E-state index contributed by atoms with van der Waals surface area (Å²) in [4.78, 5) is 0. The lowest BCUT2D eigenvalue weighted by atomic mass is 10.3. The van der Waals surface area contributed by atoms with Gasteiger partial charge in [0, 0.05) is 25.4 Å². The maximum atomic E-state index is 12.2. The zero-order valence-corrected chi connectivity index (χ0v) is 13.5. The second kappa shape index (κ2) is 7.33. The summed E-state index contributed by atoms with van der Waals surface area (Å²) < 4.78 is 31.1. The Morgan fingerprint density at radius 2 is 2.11 bits per heavy atom. The molecule has 0 atom stereocenters. The fourth-order valence-electron chi connectivity index (χ4n) is 1.39. The summed E-state index contributed by atoms with van der Waals surface area (Å²) in [6, 6.07) is 3.54. The number of hydrogen-bond acceptors (Lipinski definition) is 5. The van der Waals surface area contributed by atoms with Crippen LogP contribution in [0.2, 0.25) is 0 Å². The van der Waals surface area contributed by atoms with Gasteiger partial charge in [0.25, 0.3) is 10.0 Å². The van der Waals surface area contributed by atoms with Crippen LogP contribution in [0.3, 0.4) is 0 Å². The van der Waals surface area contributed by atoms with E-state index in [1.165, 1.54) is 10.4 Å². The zero-order valence-electron chi connectivity index (χ0n) is 11.8. The normalized spacial score (nSPS) is 12.5. The molecule has 110 valence electrons. The van der Waals surface area contributed by atoms with E-state index in [1.807, 2.05) is 20.1 Å². The maximum Gasteiger partial charge on any atom is 0.276 e. The van der Waals surface area contributed by atoms with E-state index in [-0.39, 0.29) is 5.09 Å². The molecule has 0 aromatic carbocycles. The Morgan fingerprint density at radius 1 is 1.42 bits per heavy atom. The number of hydrogen-bond donors (Lipinski definition) is 1. The Balaban J connectivity index is 2.73. The van der Waals surface area contributed by atoms with Gasteiger partial charge in [-0.3, -0.25) is 0 Å². The summed E-state index contributed by atoms with van der Waals surface area (Å²) in [5, 5.41) is 3.20. The van der Waals surface area contributed by atoms with Crippen LogP contribution in [0.5, 0.6) is 0 Å². The molecule has 0 spiro atoms. The maximum absolute atomic E-state index is 12.2. The first-order chi connectivity index (χ1) is 8.87. The molecule has 1 N–H and O–H groups in total. The van der Waals surface area contributed by atoms with E-state index in [4.69, 9.17) is 4.42 Å². The lowest BCUT2D eigenvalue weighted by molar-refractivity contribution is 0.379. The van der Waals surface area contributed by atoms with Gasteiger partial charge in [0.1, 0.15) is 5.76 Å². The van der Waals surface area contributed by atoms with Crippen LogP contribution in [0.1, 0.15) is 19.6 Å². The molecule has 0 aliphatic heterocycles. The van der Waals surface area contributed by atoms with Gasteiger partial charge in [-0.2, -0.15) is 16.1 Å². The van der Waals surface area contributed by atoms with Crippen molar-refractivity contribution in [1.82, 2.24) is 9.62 Å². The first-order valence-electron chi connectivity index (χ1n) is 6.15. The molecule has 0 radical (unpaired) electrons. The Kier molecular flexibility index (Phi) is 6.38. The number of rotatable bonds is 8. The minimum atomic E-state index is -3.50. The van der Waals surface area contributed by atoms with Crippen molar-refractivity contribution < 1.29 is 12.8 Å². The molecule has 1 aromatic rings. The summed E-state index contributed by atoms with van der Waals surface area (Å²) in [5.41, 5.74) is 0. The lowest BCUT2D eigenvalue weighted by Gasteiger charge is -2.14. The average Bonchev–Trinajstić information content (AvgIpc) is 2.82. The number of thioether (sulfide) groups is 1. The van der Waals surface area contributed by atoms with Crippen LogP contribution in [-0.2, 0) is 16.6 Å². The van der Waals surface area contributed by atoms with Crippen molar-refractivity contribution in [2.75, 3.05) is 25.6 Å². The molecule has 0 aliphatic rings. The lowest BCUT2D eigenvalue weighted by Crippen LogP contribution is -2.28. The first kappa shape index (κ1) is 16.6. The van der Waals surface area contributed by atoms with Crippen molar-refractivity contribution in [3.05, 3.63) is 17.9 Å². The second-order valence-electron chi connectivity index (χ2n) is 4.58. The van der Waals surface area contributed by atoms with Crippen LogP contribution in [0.15, 0.2) is 21.6 Å². The van der Waals surface area contributed by atoms with Crippen LogP contribution in [-0.4, -0.2) is 44.4 Å². The third-order valence-electron chi connectivity index (χ3n) is 2.60. The molecular formula is C12H22N2O3S2. The Labute approximate surface area is 119 Å². The van der Waals surface area contributed by atoms with Gasteiger partial charge in [-0.1, -0.05) is 13.8 Å². The van der Waals surface area contributed by atoms with E-state index >= 15 is 0 Å². The predicted octanol–water partition coefficient (Wildman–Crippen LogP) is 1.76. The molecule has 1 heterocycles. The van der Waals surface area contributed by atoms with Crippen molar-refractivity contribution in [1.29, 1.82) is 0 Å². The molecule has 0 unspecified atom stereocenters. The van der Waals surface area contributed by atoms with Crippen LogP contribution in [0.4, 0.5) is 0 Å². The standard InChI is InChI=1S/C12H22N2O3S2/c1-10(2)13-9-11-5-6-12(17-11)19(15,16)14(3)7-8-18-4/h5-6,10,13H,7-9H2,1-4H3. The van der Waals surface area contributed by atoms with E-state index in [2.05, 4.69) is 5.32 Å². The van der Waals surface area contributed by atoms with Gasteiger partial charge in [-0.25, -0.2) is 8.42 Å². The molecule has 1 aromatic heterocycles. The van der Waals surface area contributed by atoms with Crippen molar-refractivity contribution in [3.63, 3.8) is 0 Å². The van der Waals surface area contributed by atoms with Gasteiger partial charge in [0.15, 0.2) is 0 Å². The van der Waals surface area contributed by atoms with E-state index in [0.717, 1.165) is 5.75 Å². The SMILES string of the molecule is CSCCN(C)S(=O)(=O)c1ccc(CNC(C)C)o1. The minimum Gasteiger partial charge on any atom is -0.447 e. The molecule has 0 bridgehead atoms. The highest BCUT2D eigenvalue weighted by molar-refractivity contribution is 7.98. The summed E-state index contributed by atoms with van der Waals surface area (Å²) in [5.74, 6) is 1.39. The Morgan fingerprint density at radius 3 is 2.68 bits per heavy atom. The average molecular weight is 306 g/mol. The summed E-state index contributed by atoms with van der Waals surface area (Å²) in [6.45, 7) is 5.05. The number of sulfonamides is 1. The number of nitrogens with zero attached hydrogens (tertiary/aromatic N) is 1. The van der Waals surface area contributed by atoms with Crippen LogP contribution >= 0.6 is 11.8 Å². The van der Waals surface area contributed by atoms with Crippen molar-refractivity contribution >= 4 is 21.8 Å².